The predicted molar refractivity (Wildman–Crippen MR) is 78.3 cm³/mol. The van der Waals surface area contributed by atoms with Gasteiger partial charge >= 0.3 is 0 Å². The third kappa shape index (κ3) is 3.24. The molecule has 1 aromatic heterocycles. The summed E-state index contributed by atoms with van der Waals surface area (Å²) < 4.78 is 18.3. The molecule has 1 aromatic carbocycles. The first-order valence-electron chi connectivity index (χ1n) is 7.17. The van der Waals surface area contributed by atoms with Crippen molar-refractivity contribution in [2.45, 2.75) is 38.1 Å². The smallest absolute Gasteiger partial charge is 0.228 e. The van der Waals surface area contributed by atoms with Gasteiger partial charge in [-0.05, 0) is 37.0 Å². The van der Waals surface area contributed by atoms with Crippen molar-refractivity contribution in [3.05, 3.63) is 34.9 Å². The SMILES string of the molecule is NC(Cc1nc(-c2ccc(F)cc2Cl)no1)C1CCCC1. The van der Waals surface area contributed by atoms with Crippen LogP contribution in [0.2, 0.25) is 5.02 Å². The first kappa shape index (κ1) is 14.5. The van der Waals surface area contributed by atoms with E-state index in [0.717, 1.165) is 0 Å². The zero-order valence-electron chi connectivity index (χ0n) is 11.6. The van der Waals surface area contributed by atoms with Crippen molar-refractivity contribution in [2.75, 3.05) is 0 Å². The average Bonchev–Trinajstić information content (AvgIpc) is 3.09. The number of hydrogen-bond acceptors (Lipinski definition) is 4. The van der Waals surface area contributed by atoms with Crippen molar-refractivity contribution in [1.82, 2.24) is 10.1 Å². The van der Waals surface area contributed by atoms with Crippen molar-refractivity contribution in [3.63, 3.8) is 0 Å². The zero-order chi connectivity index (χ0) is 14.8. The Bertz CT molecular complexity index is 625. The van der Waals surface area contributed by atoms with Crippen LogP contribution in [0.3, 0.4) is 0 Å². The molecule has 0 amide bonds. The van der Waals surface area contributed by atoms with Gasteiger partial charge in [-0.3, -0.25) is 0 Å². The number of benzene rings is 1. The Hall–Kier alpha value is -1.46. The normalized spacial score (nSPS) is 17.3. The minimum Gasteiger partial charge on any atom is -0.339 e. The van der Waals surface area contributed by atoms with Crippen LogP contribution in [0, 0.1) is 11.7 Å². The van der Waals surface area contributed by atoms with Crippen molar-refractivity contribution >= 4 is 11.6 Å². The molecule has 21 heavy (non-hydrogen) atoms. The summed E-state index contributed by atoms with van der Waals surface area (Å²) >= 11 is 6.00. The highest BCUT2D eigenvalue weighted by atomic mass is 35.5. The quantitative estimate of drug-likeness (QED) is 0.937. The molecular weight excluding hydrogens is 293 g/mol. The monoisotopic (exact) mass is 309 g/mol. The largest absolute Gasteiger partial charge is 0.339 e. The molecule has 0 spiro atoms. The van der Waals surface area contributed by atoms with Gasteiger partial charge in [-0.1, -0.05) is 29.6 Å². The first-order valence-corrected chi connectivity index (χ1v) is 7.55. The average molecular weight is 310 g/mol. The molecule has 1 aliphatic carbocycles. The van der Waals surface area contributed by atoms with Crippen molar-refractivity contribution in [1.29, 1.82) is 0 Å². The predicted octanol–water partition coefficient (Wildman–Crippen LogP) is 3.59. The molecule has 0 bridgehead atoms. The van der Waals surface area contributed by atoms with Gasteiger partial charge in [0.2, 0.25) is 11.7 Å². The van der Waals surface area contributed by atoms with Gasteiger partial charge in [0.25, 0.3) is 0 Å². The molecule has 2 aromatic rings. The van der Waals surface area contributed by atoms with Gasteiger partial charge in [-0.15, -0.1) is 0 Å². The Balaban J connectivity index is 1.73. The molecule has 0 radical (unpaired) electrons. The first-order chi connectivity index (χ1) is 10.1. The molecule has 0 aliphatic heterocycles. The summed E-state index contributed by atoms with van der Waals surface area (Å²) in [5.74, 6) is 1.02. The van der Waals surface area contributed by atoms with Gasteiger partial charge < -0.3 is 10.3 Å². The highest BCUT2D eigenvalue weighted by Gasteiger charge is 2.24. The van der Waals surface area contributed by atoms with Gasteiger partial charge in [0.1, 0.15) is 5.82 Å². The highest BCUT2D eigenvalue weighted by Crippen LogP contribution is 2.29. The maximum absolute atomic E-state index is 13.0. The Morgan fingerprint density at radius 3 is 2.86 bits per heavy atom. The minimum atomic E-state index is -0.393. The number of nitrogens with zero attached hydrogens (tertiary/aromatic N) is 2. The van der Waals surface area contributed by atoms with E-state index in [1.54, 1.807) is 6.07 Å². The summed E-state index contributed by atoms with van der Waals surface area (Å²) in [5.41, 5.74) is 6.76. The van der Waals surface area contributed by atoms with E-state index in [0.29, 0.717) is 29.6 Å². The van der Waals surface area contributed by atoms with Crippen LogP contribution in [0.25, 0.3) is 11.4 Å². The summed E-state index contributed by atoms with van der Waals surface area (Å²) in [6.45, 7) is 0. The molecule has 2 N–H and O–H groups in total. The van der Waals surface area contributed by atoms with Crippen LogP contribution >= 0.6 is 11.6 Å². The molecule has 0 saturated heterocycles. The van der Waals surface area contributed by atoms with Gasteiger partial charge in [0.15, 0.2) is 0 Å². The summed E-state index contributed by atoms with van der Waals surface area (Å²) in [6, 6.07) is 4.14. The second-order valence-corrected chi connectivity index (χ2v) is 5.96. The number of halogens is 2. The van der Waals surface area contributed by atoms with Crippen LogP contribution in [0.5, 0.6) is 0 Å². The number of aromatic nitrogens is 2. The second kappa shape index (κ2) is 6.12. The Morgan fingerprint density at radius 2 is 2.14 bits per heavy atom. The number of rotatable bonds is 4. The molecular formula is C15H17ClFN3O. The number of hydrogen-bond donors (Lipinski definition) is 1. The van der Waals surface area contributed by atoms with E-state index in [2.05, 4.69) is 10.1 Å². The van der Waals surface area contributed by atoms with E-state index < -0.39 is 5.82 Å². The molecule has 1 unspecified atom stereocenters. The lowest BCUT2D eigenvalue weighted by atomic mass is 9.96. The highest BCUT2D eigenvalue weighted by molar-refractivity contribution is 6.33. The lowest BCUT2D eigenvalue weighted by Gasteiger charge is -2.16. The van der Waals surface area contributed by atoms with E-state index >= 15 is 0 Å². The summed E-state index contributed by atoms with van der Waals surface area (Å²) in [4.78, 5) is 4.32. The fourth-order valence-corrected chi connectivity index (χ4v) is 3.12. The molecule has 1 atom stereocenters. The topological polar surface area (TPSA) is 64.9 Å². The fourth-order valence-electron chi connectivity index (χ4n) is 2.87. The van der Waals surface area contributed by atoms with Crippen LogP contribution < -0.4 is 5.73 Å². The van der Waals surface area contributed by atoms with Crippen molar-refractivity contribution in [2.24, 2.45) is 11.7 Å². The Kier molecular flexibility index (Phi) is 4.22. The van der Waals surface area contributed by atoms with Gasteiger partial charge in [-0.25, -0.2) is 4.39 Å². The zero-order valence-corrected chi connectivity index (χ0v) is 12.3. The Labute approximate surface area is 127 Å². The minimum absolute atomic E-state index is 0.0458. The third-order valence-corrected chi connectivity index (χ3v) is 4.37. The maximum Gasteiger partial charge on any atom is 0.228 e. The molecule has 1 aliphatic rings. The molecule has 6 heteroatoms. The van der Waals surface area contributed by atoms with E-state index in [4.69, 9.17) is 21.9 Å². The molecule has 1 heterocycles. The molecule has 4 nitrogen and oxygen atoms in total. The molecule has 1 saturated carbocycles. The van der Waals surface area contributed by atoms with Crippen LogP contribution in [0.1, 0.15) is 31.6 Å². The van der Waals surface area contributed by atoms with Gasteiger partial charge in [0, 0.05) is 18.0 Å². The van der Waals surface area contributed by atoms with Crippen LogP contribution in [0.15, 0.2) is 22.7 Å². The number of nitrogens with two attached hydrogens (primary N) is 1. The van der Waals surface area contributed by atoms with Crippen LogP contribution in [-0.4, -0.2) is 16.2 Å². The van der Waals surface area contributed by atoms with Gasteiger partial charge in [-0.2, -0.15) is 4.98 Å². The summed E-state index contributed by atoms with van der Waals surface area (Å²) in [6.07, 6.45) is 5.41. The van der Waals surface area contributed by atoms with E-state index in [1.807, 2.05) is 0 Å². The van der Waals surface area contributed by atoms with Crippen molar-refractivity contribution in [3.8, 4) is 11.4 Å². The lowest BCUT2D eigenvalue weighted by Crippen LogP contribution is -2.30. The second-order valence-electron chi connectivity index (χ2n) is 5.55. The Morgan fingerprint density at radius 1 is 1.38 bits per heavy atom. The van der Waals surface area contributed by atoms with E-state index in [-0.39, 0.29) is 11.1 Å². The summed E-state index contributed by atoms with van der Waals surface area (Å²) in [7, 11) is 0. The third-order valence-electron chi connectivity index (χ3n) is 4.06. The van der Waals surface area contributed by atoms with Crippen LogP contribution in [0.4, 0.5) is 4.39 Å². The maximum atomic E-state index is 13.0. The molecule has 1 fully saturated rings. The fraction of sp³-hybridized carbons (Fsp3) is 0.467. The van der Waals surface area contributed by atoms with Crippen molar-refractivity contribution < 1.29 is 8.91 Å². The lowest BCUT2D eigenvalue weighted by molar-refractivity contribution is 0.341. The molecule has 112 valence electrons. The van der Waals surface area contributed by atoms with Crippen LogP contribution in [-0.2, 0) is 6.42 Å². The van der Waals surface area contributed by atoms with Gasteiger partial charge in [0.05, 0.1) is 5.02 Å². The van der Waals surface area contributed by atoms with E-state index in [1.165, 1.54) is 37.8 Å². The van der Waals surface area contributed by atoms with E-state index in [9.17, 15) is 4.39 Å². The standard InChI is InChI=1S/C15H17ClFN3O/c16-12-7-10(17)5-6-11(12)15-19-14(21-20-15)8-13(18)9-3-1-2-4-9/h5-7,9,13H,1-4,8,18H2. The molecule has 3 rings (SSSR count). The summed E-state index contributed by atoms with van der Waals surface area (Å²) in [5, 5.41) is 4.17.